The molecule has 7 heteroatoms. The van der Waals surface area contributed by atoms with Crippen molar-refractivity contribution in [3.8, 4) is 22.5 Å². The van der Waals surface area contributed by atoms with E-state index in [1.165, 1.54) is 11.3 Å². The Morgan fingerprint density at radius 2 is 1.74 bits per heavy atom. The van der Waals surface area contributed by atoms with Gasteiger partial charge in [-0.25, -0.2) is 9.97 Å². The molecule has 6 nitrogen and oxygen atoms in total. The first-order chi connectivity index (χ1) is 15.3. The predicted octanol–water partition coefficient (Wildman–Crippen LogP) is 4.68. The summed E-state index contributed by atoms with van der Waals surface area (Å²) in [7, 11) is 0. The molecule has 1 atom stereocenters. The molecule has 1 saturated heterocycles. The van der Waals surface area contributed by atoms with Gasteiger partial charge in [0, 0.05) is 61.1 Å². The minimum atomic E-state index is 0.105. The number of thiophene rings is 1. The number of pyridine rings is 2. The number of hydrogen-bond donors (Lipinski definition) is 0. The van der Waals surface area contributed by atoms with E-state index in [0.717, 1.165) is 46.6 Å². The molecule has 0 aromatic carbocycles. The monoisotopic (exact) mass is 427 g/mol. The average Bonchev–Trinajstić information content (AvgIpc) is 3.39. The summed E-state index contributed by atoms with van der Waals surface area (Å²) in [4.78, 5) is 33.6. The highest BCUT2D eigenvalue weighted by Crippen LogP contribution is 2.34. The summed E-state index contributed by atoms with van der Waals surface area (Å²) in [5.74, 6) is 0.926. The first-order valence-electron chi connectivity index (χ1n) is 10.3. The minimum absolute atomic E-state index is 0.105. The first-order valence-corrected chi connectivity index (χ1v) is 11.2. The van der Waals surface area contributed by atoms with Crippen molar-refractivity contribution in [3.05, 3.63) is 83.3 Å². The van der Waals surface area contributed by atoms with Gasteiger partial charge in [0.1, 0.15) is 0 Å². The van der Waals surface area contributed by atoms with Crippen molar-refractivity contribution in [2.24, 2.45) is 0 Å². The zero-order valence-electron chi connectivity index (χ0n) is 16.9. The van der Waals surface area contributed by atoms with Crippen molar-refractivity contribution in [1.82, 2.24) is 24.8 Å². The molecule has 1 aliphatic rings. The topological polar surface area (TPSA) is 71.9 Å². The second-order valence-electron chi connectivity index (χ2n) is 7.53. The van der Waals surface area contributed by atoms with Crippen LogP contribution in [0, 0.1) is 0 Å². The Morgan fingerprint density at radius 3 is 2.45 bits per heavy atom. The quantitative estimate of drug-likeness (QED) is 0.473. The molecule has 1 aliphatic heterocycles. The number of aromatic nitrogens is 4. The highest BCUT2D eigenvalue weighted by atomic mass is 32.1. The molecule has 0 unspecified atom stereocenters. The van der Waals surface area contributed by atoms with Crippen molar-refractivity contribution >= 4 is 17.2 Å². The van der Waals surface area contributed by atoms with Gasteiger partial charge in [0.15, 0.2) is 5.82 Å². The van der Waals surface area contributed by atoms with Crippen molar-refractivity contribution < 1.29 is 4.79 Å². The molecule has 0 aliphatic carbocycles. The summed E-state index contributed by atoms with van der Waals surface area (Å²) in [6, 6.07) is 11.6. The summed E-state index contributed by atoms with van der Waals surface area (Å²) in [5, 5.41) is 1.95. The van der Waals surface area contributed by atoms with Gasteiger partial charge in [-0.1, -0.05) is 6.07 Å². The van der Waals surface area contributed by atoms with Crippen LogP contribution in [0.15, 0.2) is 72.8 Å². The molecule has 0 N–H and O–H groups in total. The van der Waals surface area contributed by atoms with Gasteiger partial charge in [-0.3, -0.25) is 14.8 Å². The molecule has 4 aromatic rings. The number of nitrogens with zero attached hydrogens (tertiary/aromatic N) is 5. The number of likely N-dealkylation sites (tertiary alicyclic amines) is 1. The molecule has 4 aromatic heterocycles. The van der Waals surface area contributed by atoms with E-state index < -0.39 is 0 Å². The Bertz CT molecular complexity index is 1170. The lowest BCUT2D eigenvalue weighted by Gasteiger charge is -2.33. The van der Waals surface area contributed by atoms with Gasteiger partial charge in [0.05, 0.1) is 10.6 Å². The van der Waals surface area contributed by atoms with E-state index in [-0.39, 0.29) is 11.8 Å². The lowest BCUT2D eigenvalue weighted by Crippen LogP contribution is -2.39. The fourth-order valence-electron chi connectivity index (χ4n) is 4.04. The third kappa shape index (κ3) is 4.09. The molecule has 1 fully saturated rings. The van der Waals surface area contributed by atoms with Gasteiger partial charge in [-0.15, -0.1) is 11.3 Å². The number of rotatable bonds is 4. The number of carbonyl (C=O) groups is 1. The van der Waals surface area contributed by atoms with E-state index in [1.54, 1.807) is 24.8 Å². The molecule has 1 amide bonds. The van der Waals surface area contributed by atoms with Crippen LogP contribution in [-0.4, -0.2) is 43.8 Å². The molecule has 0 radical (unpaired) electrons. The second kappa shape index (κ2) is 8.73. The predicted molar refractivity (Wildman–Crippen MR) is 121 cm³/mol. The van der Waals surface area contributed by atoms with E-state index in [2.05, 4.69) is 15.0 Å². The highest BCUT2D eigenvalue weighted by Gasteiger charge is 2.29. The molecular weight excluding hydrogens is 406 g/mol. The molecule has 0 saturated carbocycles. The lowest BCUT2D eigenvalue weighted by molar-refractivity contribution is 0.0711. The lowest BCUT2D eigenvalue weighted by atomic mass is 9.90. The second-order valence-corrected chi connectivity index (χ2v) is 8.48. The summed E-state index contributed by atoms with van der Waals surface area (Å²) >= 11 is 1.49. The largest absolute Gasteiger partial charge is 0.337 e. The maximum Gasteiger partial charge on any atom is 0.263 e. The summed E-state index contributed by atoms with van der Waals surface area (Å²) in [5.41, 5.74) is 3.94. The highest BCUT2D eigenvalue weighted by molar-refractivity contribution is 7.12. The van der Waals surface area contributed by atoms with Crippen molar-refractivity contribution in [2.45, 2.75) is 18.8 Å². The maximum absolute atomic E-state index is 13.0. The molecular formula is C24H21N5OS. The van der Waals surface area contributed by atoms with Gasteiger partial charge in [0.25, 0.3) is 5.91 Å². The van der Waals surface area contributed by atoms with Crippen LogP contribution in [0.2, 0.25) is 0 Å². The molecule has 31 heavy (non-hydrogen) atoms. The Labute approximate surface area is 184 Å². The fourth-order valence-corrected chi connectivity index (χ4v) is 4.73. The Kier molecular flexibility index (Phi) is 5.50. The molecule has 5 rings (SSSR count). The first kappa shape index (κ1) is 19.5. The fraction of sp³-hybridized carbons (Fsp3) is 0.208. The van der Waals surface area contributed by atoms with E-state index >= 15 is 0 Å². The number of carbonyl (C=O) groups excluding carboxylic acids is 1. The summed E-state index contributed by atoms with van der Waals surface area (Å²) in [6.07, 6.45) is 10.9. The van der Waals surface area contributed by atoms with Crippen LogP contribution in [-0.2, 0) is 0 Å². The van der Waals surface area contributed by atoms with Crippen LogP contribution in [0.5, 0.6) is 0 Å². The van der Waals surface area contributed by atoms with E-state index in [1.807, 2.05) is 52.9 Å². The zero-order chi connectivity index (χ0) is 21.0. The average molecular weight is 428 g/mol. The molecule has 5 heterocycles. The van der Waals surface area contributed by atoms with Gasteiger partial charge in [-0.2, -0.15) is 0 Å². The van der Waals surface area contributed by atoms with Crippen LogP contribution in [0.25, 0.3) is 22.5 Å². The van der Waals surface area contributed by atoms with Crippen LogP contribution >= 0.6 is 11.3 Å². The number of piperidine rings is 1. The zero-order valence-corrected chi connectivity index (χ0v) is 17.7. The smallest absolute Gasteiger partial charge is 0.263 e. The Balaban J connectivity index is 1.53. The van der Waals surface area contributed by atoms with Gasteiger partial charge in [-0.05, 0) is 54.1 Å². The molecule has 0 bridgehead atoms. The van der Waals surface area contributed by atoms with E-state index in [9.17, 15) is 4.79 Å². The van der Waals surface area contributed by atoms with Crippen LogP contribution < -0.4 is 0 Å². The van der Waals surface area contributed by atoms with Crippen LogP contribution in [0.3, 0.4) is 0 Å². The Hall–Kier alpha value is -3.45. The molecule has 0 spiro atoms. The van der Waals surface area contributed by atoms with Gasteiger partial charge < -0.3 is 4.90 Å². The minimum Gasteiger partial charge on any atom is -0.337 e. The van der Waals surface area contributed by atoms with E-state index in [4.69, 9.17) is 4.98 Å². The third-order valence-corrected chi connectivity index (χ3v) is 6.43. The maximum atomic E-state index is 13.0. The van der Waals surface area contributed by atoms with Crippen molar-refractivity contribution in [1.29, 1.82) is 0 Å². The number of hydrogen-bond acceptors (Lipinski definition) is 6. The summed E-state index contributed by atoms with van der Waals surface area (Å²) in [6.45, 7) is 1.43. The van der Waals surface area contributed by atoms with Crippen LogP contribution in [0.4, 0.5) is 0 Å². The Morgan fingerprint density at radius 1 is 1.00 bits per heavy atom. The number of amides is 1. The summed E-state index contributed by atoms with van der Waals surface area (Å²) < 4.78 is 0. The SMILES string of the molecule is O=C(c1cccs1)N1CCC[C@@H](c2nc(-c3ccncc3)ncc2-c2ccncc2)C1. The standard InChI is InChI=1S/C24H21N5OS/c30-24(21-4-2-14-31-21)29-13-1-3-19(16-29)22-20(17-5-9-25-10-6-17)15-27-23(28-22)18-7-11-26-12-8-18/h2,4-12,14-15,19H,1,3,13,16H2/t19-/m1/s1. The van der Waals surface area contributed by atoms with Crippen molar-refractivity contribution in [2.75, 3.05) is 13.1 Å². The van der Waals surface area contributed by atoms with E-state index in [0.29, 0.717) is 12.4 Å². The van der Waals surface area contributed by atoms with Crippen molar-refractivity contribution in [3.63, 3.8) is 0 Å². The normalized spacial score (nSPS) is 16.3. The van der Waals surface area contributed by atoms with Gasteiger partial charge >= 0.3 is 0 Å². The van der Waals surface area contributed by atoms with Gasteiger partial charge in [0.2, 0.25) is 0 Å². The molecule has 154 valence electrons. The third-order valence-electron chi connectivity index (χ3n) is 5.58. The van der Waals surface area contributed by atoms with Crippen LogP contribution in [0.1, 0.15) is 34.1 Å².